The van der Waals surface area contributed by atoms with Crippen LogP contribution in [0.1, 0.15) is 16.8 Å². The third-order valence-electron chi connectivity index (χ3n) is 2.41. The Morgan fingerprint density at radius 2 is 1.60 bits per heavy atom. The molecule has 2 heterocycles. The van der Waals surface area contributed by atoms with Crippen LogP contribution in [-0.4, -0.2) is 9.97 Å². The number of nitrogens with zero attached hydrogens (tertiary/aromatic N) is 2. The fourth-order valence-corrected chi connectivity index (χ4v) is 1.52. The van der Waals surface area contributed by atoms with E-state index in [4.69, 9.17) is 0 Å². The molecule has 2 aromatic heterocycles. The van der Waals surface area contributed by atoms with Crippen molar-refractivity contribution >= 4 is 0 Å². The number of pyridine rings is 2. The van der Waals surface area contributed by atoms with E-state index in [1.807, 2.05) is 39.2 Å². The molecule has 0 amide bonds. The molecule has 0 fully saturated rings. The molecule has 0 aromatic carbocycles. The van der Waals surface area contributed by atoms with Gasteiger partial charge in [-0.25, -0.2) is 0 Å². The quantitative estimate of drug-likeness (QED) is 0.703. The van der Waals surface area contributed by atoms with E-state index in [1.54, 1.807) is 0 Å². The predicted octanol–water partition coefficient (Wildman–Crippen LogP) is 3.07. The van der Waals surface area contributed by atoms with Gasteiger partial charge in [-0.15, -0.1) is 0 Å². The van der Waals surface area contributed by atoms with Gasteiger partial charge in [-0.2, -0.15) is 0 Å². The SMILES string of the molecule is Cc1ccc(-c2cc(C)cnc2C)nc1. The molecule has 0 aliphatic heterocycles. The third-order valence-corrected chi connectivity index (χ3v) is 2.41. The second kappa shape index (κ2) is 3.81. The zero-order valence-corrected chi connectivity index (χ0v) is 9.28. The summed E-state index contributed by atoms with van der Waals surface area (Å²) in [7, 11) is 0. The van der Waals surface area contributed by atoms with Gasteiger partial charge in [0.2, 0.25) is 0 Å². The Morgan fingerprint density at radius 3 is 2.27 bits per heavy atom. The van der Waals surface area contributed by atoms with Gasteiger partial charge in [0.05, 0.1) is 5.69 Å². The van der Waals surface area contributed by atoms with Crippen LogP contribution in [0.5, 0.6) is 0 Å². The fourth-order valence-electron chi connectivity index (χ4n) is 1.52. The van der Waals surface area contributed by atoms with E-state index in [2.05, 4.69) is 22.1 Å². The Bertz CT molecular complexity index is 472. The van der Waals surface area contributed by atoms with Gasteiger partial charge in [0, 0.05) is 23.7 Å². The second-order valence-electron chi connectivity index (χ2n) is 3.87. The first kappa shape index (κ1) is 9.84. The van der Waals surface area contributed by atoms with E-state index in [9.17, 15) is 0 Å². The molecule has 2 aromatic rings. The van der Waals surface area contributed by atoms with Crippen LogP contribution < -0.4 is 0 Å². The molecule has 2 heteroatoms. The summed E-state index contributed by atoms with van der Waals surface area (Å²) in [5.41, 5.74) is 5.48. The van der Waals surface area contributed by atoms with Gasteiger partial charge in [-0.3, -0.25) is 9.97 Å². The summed E-state index contributed by atoms with van der Waals surface area (Å²) in [6.07, 6.45) is 3.77. The molecule has 0 aliphatic carbocycles. The van der Waals surface area contributed by atoms with Crippen LogP contribution in [0.2, 0.25) is 0 Å². The molecule has 0 atom stereocenters. The Kier molecular flexibility index (Phi) is 2.50. The van der Waals surface area contributed by atoms with E-state index in [1.165, 1.54) is 5.56 Å². The number of aryl methyl sites for hydroxylation is 3. The van der Waals surface area contributed by atoms with Crippen molar-refractivity contribution in [3.63, 3.8) is 0 Å². The summed E-state index contributed by atoms with van der Waals surface area (Å²) in [6, 6.07) is 6.24. The van der Waals surface area contributed by atoms with Crippen LogP contribution >= 0.6 is 0 Å². The van der Waals surface area contributed by atoms with Gasteiger partial charge in [0.25, 0.3) is 0 Å². The maximum Gasteiger partial charge on any atom is 0.0720 e. The highest BCUT2D eigenvalue weighted by molar-refractivity contribution is 5.62. The van der Waals surface area contributed by atoms with Crippen molar-refractivity contribution in [2.45, 2.75) is 20.8 Å². The Balaban J connectivity index is 2.53. The lowest BCUT2D eigenvalue weighted by molar-refractivity contribution is 1.15. The molecule has 0 saturated carbocycles. The standard InChI is InChI=1S/C13H14N2/c1-9-4-5-13(15-7-9)12-6-10(2)8-14-11(12)3/h4-8H,1-3H3. The summed E-state index contributed by atoms with van der Waals surface area (Å²) in [5.74, 6) is 0. The predicted molar refractivity (Wildman–Crippen MR) is 61.7 cm³/mol. The number of aromatic nitrogens is 2. The minimum atomic E-state index is 0.995. The minimum absolute atomic E-state index is 0.995. The van der Waals surface area contributed by atoms with Crippen molar-refractivity contribution in [1.82, 2.24) is 9.97 Å². The lowest BCUT2D eigenvalue weighted by atomic mass is 10.1. The van der Waals surface area contributed by atoms with E-state index < -0.39 is 0 Å². The summed E-state index contributed by atoms with van der Waals surface area (Å²) in [6.45, 7) is 6.10. The Labute approximate surface area is 90.0 Å². The van der Waals surface area contributed by atoms with Crippen LogP contribution in [0.3, 0.4) is 0 Å². The van der Waals surface area contributed by atoms with Crippen LogP contribution in [0.25, 0.3) is 11.3 Å². The van der Waals surface area contributed by atoms with Crippen LogP contribution in [0, 0.1) is 20.8 Å². The first-order valence-corrected chi connectivity index (χ1v) is 5.03. The van der Waals surface area contributed by atoms with E-state index in [-0.39, 0.29) is 0 Å². The number of hydrogen-bond donors (Lipinski definition) is 0. The van der Waals surface area contributed by atoms with Crippen molar-refractivity contribution < 1.29 is 0 Å². The highest BCUT2D eigenvalue weighted by Gasteiger charge is 2.03. The molecule has 2 rings (SSSR count). The summed E-state index contributed by atoms with van der Waals surface area (Å²) in [5, 5.41) is 0. The van der Waals surface area contributed by atoms with Crippen molar-refractivity contribution in [3.05, 3.63) is 47.4 Å². The molecule has 15 heavy (non-hydrogen) atoms. The van der Waals surface area contributed by atoms with Gasteiger partial charge in [-0.05, 0) is 44.0 Å². The van der Waals surface area contributed by atoms with Crippen LogP contribution in [-0.2, 0) is 0 Å². The van der Waals surface area contributed by atoms with Gasteiger partial charge in [0.15, 0.2) is 0 Å². The highest BCUT2D eigenvalue weighted by atomic mass is 14.7. The van der Waals surface area contributed by atoms with Gasteiger partial charge in [0.1, 0.15) is 0 Å². The average molecular weight is 198 g/mol. The molecule has 0 unspecified atom stereocenters. The summed E-state index contributed by atoms with van der Waals surface area (Å²) < 4.78 is 0. The lowest BCUT2D eigenvalue weighted by Crippen LogP contribution is -1.91. The smallest absolute Gasteiger partial charge is 0.0720 e. The third kappa shape index (κ3) is 2.04. The monoisotopic (exact) mass is 198 g/mol. The second-order valence-corrected chi connectivity index (χ2v) is 3.87. The van der Waals surface area contributed by atoms with Crippen molar-refractivity contribution in [2.75, 3.05) is 0 Å². The lowest BCUT2D eigenvalue weighted by Gasteiger charge is -2.05. The molecule has 0 saturated heterocycles. The van der Waals surface area contributed by atoms with Gasteiger partial charge in [-0.1, -0.05) is 6.07 Å². The van der Waals surface area contributed by atoms with Gasteiger partial charge < -0.3 is 0 Å². The van der Waals surface area contributed by atoms with E-state index in [0.717, 1.165) is 22.5 Å². The van der Waals surface area contributed by atoms with Crippen molar-refractivity contribution in [2.24, 2.45) is 0 Å². The minimum Gasteiger partial charge on any atom is -0.261 e. The molecule has 0 bridgehead atoms. The Hall–Kier alpha value is -1.70. The fraction of sp³-hybridized carbons (Fsp3) is 0.231. The maximum absolute atomic E-state index is 4.41. The first-order valence-electron chi connectivity index (χ1n) is 5.03. The Morgan fingerprint density at radius 1 is 0.867 bits per heavy atom. The van der Waals surface area contributed by atoms with Crippen LogP contribution in [0.15, 0.2) is 30.6 Å². The molecule has 0 radical (unpaired) electrons. The average Bonchev–Trinajstić information content (AvgIpc) is 2.23. The van der Waals surface area contributed by atoms with E-state index >= 15 is 0 Å². The molecule has 76 valence electrons. The van der Waals surface area contributed by atoms with E-state index in [0.29, 0.717) is 0 Å². The van der Waals surface area contributed by atoms with Crippen LogP contribution in [0.4, 0.5) is 0 Å². The molecule has 0 N–H and O–H groups in total. The number of rotatable bonds is 1. The normalized spacial score (nSPS) is 10.3. The zero-order valence-electron chi connectivity index (χ0n) is 9.28. The summed E-state index contributed by atoms with van der Waals surface area (Å²) >= 11 is 0. The molecule has 0 spiro atoms. The largest absolute Gasteiger partial charge is 0.261 e. The molecule has 0 aliphatic rings. The zero-order chi connectivity index (χ0) is 10.8. The molecule has 2 nitrogen and oxygen atoms in total. The highest BCUT2D eigenvalue weighted by Crippen LogP contribution is 2.20. The molecular weight excluding hydrogens is 184 g/mol. The topological polar surface area (TPSA) is 25.8 Å². The van der Waals surface area contributed by atoms with Crippen molar-refractivity contribution in [1.29, 1.82) is 0 Å². The first-order chi connectivity index (χ1) is 7.16. The van der Waals surface area contributed by atoms with Crippen molar-refractivity contribution in [3.8, 4) is 11.3 Å². The number of hydrogen-bond acceptors (Lipinski definition) is 2. The summed E-state index contributed by atoms with van der Waals surface area (Å²) in [4.78, 5) is 8.75. The molecular formula is C13H14N2. The van der Waals surface area contributed by atoms with Gasteiger partial charge >= 0.3 is 0 Å². The maximum atomic E-state index is 4.41.